The highest BCUT2D eigenvalue weighted by Gasteiger charge is 2.30. The number of rotatable bonds is 7. The summed E-state index contributed by atoms with van der Waals surface area (Å²) < 4.78 is 27.1. The van der Waals surface area contributed by atoms with Gasteiger partial charge in [-0.1, -0.05) is 24.3 Å². The molecule has 0 aliphatic heterocycles. The molecule has 0 saturated carbocycles. The minimum Gasteiger partial charge on any atom is -0.449 e. The number of fused-ring (bicyclic) bond motifs is 1. The molecule has 0 amide bonds. The fourth-order valence-electron chi connectivity index (χ4n) is 3.04. The smallest absolute Gasteiger partial charge is 0.449 e. The molecule has 174 valence electrons. The Morgan fingerprint density at radius 1 is 0.909 bits per heavy atom. The largest absolute Gasteiger partial charge is 0.515 e. The van der Waals surface area contributed by atoms with Gasteiger partial charge in [-0.2, -0.15) is 0 Å². The summed E-state index contributed by atoms with van der Waals surface area (Å²) in [6.45, 7) is 5.17. The lowest BCUT2D eigenvalue weighted by molar-refractivity contribution is 0.0951. The monoisotopic (exact) mass is 473 g/mol. The number of aromatic nitrogens is 1. The Morgan fingerprint density at radius 3 is 2.27 bits per heavy atom. The van der Waals surface area contributed by atoms with Gasteiger partial charge >= 0.3 is 18.4 Å². The van der Waals surface area contributed by atoms with E-state index in [2.05, 4.69) is 0 Å². The highest BCUT2D eigenvalue weighted by Crippen LogP contribution is 2.39. The molecule has 3 aromatic rings. The predicted molar refractivity (Wildman–Crippen MR) is 122 cm³/mol. The molecule has 0 bridgehead atoms. The van der Waals surface area contributed by atoms with Gasteiger partial charge in [0.25, 0.3) is 0 Å². The quantitative estimate of drug-likeness (QED) is 0.237. The van der Waals surface area contributed by atoms with Crippen molar-refractivity contribution in [2.45, 2.75) is 20.8 Å². The molecule has 2 aromatic heterocycles. The van der Waals surface area contributed by atoms with Gasteiger partial charge in [-0.15, -0.1) is 11.3 Å². The van der Waals surface area contributed by atoms with Crippen LogP contribution < -0.4 is 4.74 Å². The van der Waals surface area contributed by atoms with Crippen LogP contribution in [-0.4, -0.2) is 42.8 Å². The Morgan fingerprint density at radius 2 is 1.61 bits per heavy atom. The van der Waals surface area contributed by atoms with Gasteiger partial charge in [-0.05, 0) is 44.4 Å². The number of thiophene rings is 1. The minimum absolute atomic E-state index is 0.0226. The average Bonchev–Trinajstić information content (AvgIpc) is 3.39. The standard InChI is InChI=1S/C23H23NO8S/c1-4-28-21(25)24-17-12-8-7-11-16(17)19(20(24)32-23(27)30-6-3)18(31-22(26)29-5-2)14-15-10-9-13-33-15/h7-14H,4-6H2,1-3H3/b18-14-. The maximum atomic E-state index is 12.9. The van der Waals surface area contributed by atoms with Gasteiger partial charge in [-0.3, -0.25) is 0 Å². The fourth-order valence-corrected chi connectivity index (χ4v) is 3.69. The van der Waals surface area contributed by atoms with Crippen LogP contribution in [0.2, 0.25) is 0 Å². The first-order chi connectivity index (χ1) is 16.0. The Balaban J connectivity index is 2.30. The molecule has 9 nitrogen and oxygen atoms in total. The predicted octanol–water partition coefficient (Wildman–Crippen LogP) is 5.91. The molecule has 0 N–H and O–H groups in total. The molecular weight excluding hydrogens is 450 g/mol. The summed E-state index contributed by atoms with van der Waals surface area (Å²) in [7, 11) is 0. The molecule has 10 heteroatoms. The second kappa shape index (κ2) is 11.2. The topological polar surface area (TPSA) is 102 Å². The van der Waals surface area contributed by atoms with Crippen LogP contribution in [0.3, 0.4) is 0 Å². The first kappa shape index (κ1) is 23.9. The second-order valence-electron chi connectivity index (χ2n) is 6.33. The SMILES string of the molecule is CCOC(=O)O/C(=C\c1cccs1)c1c(OC(=O)OCC)n(C(=O)OCC)c2ccccc12. The van der Waals surface area contributed by atoms with Crippen LogP contribution in [0.4, 0.5) is 14.4 Å². The zero-order valence-electron chi connectivity index (χ0n) is 18.4. The fraction of sp³-hybridized carbons (Fsp3) is 0.261. The molecule has 0 saturated heterocycles. The summed E-state index contributed by atoms with van der Waals surface area (Å²) in [5.41, 5.74) is 0.572. The lowest BCUT2D eigenvalue weighted by Crippen LogP contribution is -2.19. The molecule has 1 aromatic carbocycles. The Hall–Kier alpha value is -3.79. The molecule has 0 fully saturated rings. The average molecular weight is 474 g/mol. The van der Waals surface area contributed by atoms with Crippen molar-refractivity contribution in [3.05, 3.63) is 52.2 Å². The normalized spacial score (nSPS) is 11.2. The van der Waals surface area contributed by atoms with Crippen LogP contribution in [0.5, 0.6) is 5.88 Å². The molecule has 3 rings (SSSR count). The molecule has 0 aliphatic carbocycles. The molecular formula is C23H23NO8S. The minimum atomic E-state index is -1.03. The summed E-state index contributed by atoms with van der Waals surface area (Å²) in [5.74, 6) is -0.186. The molecule has 0 spiro atoms. The van der Waals surface area contributed by atoms with E-state index in [4.69, 9.17) is 23.7 Å². The van der Waals surface area contributed by atoms with Crippen LogP contribution in [0, 0.1) is 0 Å². The van der Waals surface area contributed by atoms with E-state index in [0.717, 1.165) is 9.44 Å². The van der Waals surface area contributed by atoms with Gasteiger partial charge in [-0.25, -0.2) is 19.0 Å². The maximum Gasteiger partial charge on any atom is 0.515 e. The van der Waals surface area contributed by atoms with Crippen molar-refractivity contribution in [2.24, 2.45) is 0 Å². The Bertz CT molecular complexity index is 1160. The highest BCUT2D eigenvalue weighted by molar-refractivity contribution is 7.10. The number of carbonyl (C=O) groups is 3. The van der Waals surface area contributed by atoms with E-state index in [1.807, 2.05) is 17.5 Å². The van der Waals surface area contributed by atoms with Gasteiger partial charge in [0.15, 0.2) is 0 Å². The summed E-state index contributed by atoms with van der Waals surface area (Å²) in [4.78, 5) is 38.1. The number of ether oxygens (including phenoxy) is 5. The maximum absolute atomic E-state index is 12.9. The van der Waals surface area contributed by atoms with Crippen LogP contribution in [0.1, 0.15) is 31.2 Å². The highest BCUT2D eigenvalue weighted by atomic mass is 32.1. The number of benzene rings is 1. The first-order valence-corrected chi connectivity index (χ1v) is 11.1. The molecule has 2 heterocycles. The summed E-state index contributed by atoms with van der Waals surface area (Å²) in [6, 6.07) is 10.5. The van der Waals surface area contributed by atoms with Crippen LogP contribution >= 0.6 is 11.3 Å². The third kappa shape index (κ3) is 5.53. The van der Waals surface area contributed by atoms with Crippen molar-refractivity contribution >= 4 is 52.5 Å². The molecule has 0 unspecified atom stereocenters. The number of para-hydroxylation sites is 1. The van der Waals surface area contributed by atoms with Crippen molar-refractivity contribution in [3.8, 4) is 5.88 Å². The lowest BCUT2D eigenvalue weighted by atomic mass is 10.1. The zero-order valence-corrected chi connectivity index (χ0v) is 19.2. The van der Waals surface area contributed by atoms with Crippen LogP contribution in [0.15, 0.2) is 41.8 Å². The van der Waals surface area contributed by atoms with Gasteiger partial charge in [0.2, 0.25) is 5.88 Å². The van der Waals surface area contributed by atoms with Crippen LogP contribution in [-0.2, 0) is 18.9 Å². The van der Waals surface area contributed by atoms with E-state index in [9.17, 15) is 14.4 Å². The van der Waals surface area contributed by atoms with Gasteiger partial charge in [0, 0.05) is 10.3 Å². The molecule has 33 heavy (non-hydrogen) atoms. The first-order valence-electron chi connectivity index (χ1n) is 10.2. The van der Waals surface area contributed by atoms with Crippen molar-refractivity contribution in [1.29, 1.82) is 0 Å². The van der Waals surface area contributed by atoms with Crippen molar-refractivity contribution in [1.82, 2.24) is 4.57 Å². The number of hydrogen-bond donors (Lipinski definition) is 0. The van der Waals surface area contributed by atoms with E-state index in [0.29, 0.717) is 10.9 Å². The van der Waals surface area contributed by atoms with Crippen LogP contribution in [0.25, 0.3) is 22.7 Å². The van der Waals surface area contributed by atoms with Crippen molar-refractivity contribution < 1.29 is 38.1 Å². The number of carbonyl (C=O) groups excluding carboxylic acids is 3. The third-order valence-electron chi connectivity index (χ3n) is 4.24. The van der Waals surface area contributed by atoms with E-state index in [-0.39, 0.29) is 37.0 Å². The zero-order chi connectivity index (χ0) is 23.8. The van der Waals surface area contributed by atoms with E-state index < -0.39 is 18.4 Å². The lowest BCUT2D eigenvalue weighted by Gasteiger charge is -2.12. The van der Waals surface area contributed by atoms with Crippen molar-refractivity contribution in [3.63, 3.8) is 0 Å². The Kier molecular flexibility index (Phi) is 8.09. The van der Waals surface area contributed by atoms with E-state index >= 15 is 0 Å². The van der Waals surface area contributed by atoms with E-state index in [1.54, 1.807) is 51.1 Å². The molecule has 0 radical (unpaired) electrons. The summed E-state index contributed by atoms with van der Waals surface area (Å²) in [6.07, 6.45) is -1.16. The van der Waals surface area contributed by atoms with E-state index in [1.165, 1.54) is 11.3 Å². The second-order valence-corrected chi connectivity index (χ2v) is 7.31. The van der Waals surface area contributed by atoms with Gasteiger partial charge < -0.3 is 23.7 Å². The summed E-state index contributed by atoms with van der Waals surface area (Å²) >= 11 is 1.40. The third-order valence-corrected chi connectivity index (χ3v) is 5.06. The number of hydrogen-bond acceptors (Lipinski definition) is 9. The molecule has 0 aliphatic rings. The number of nitrogens with zero attached hydrogens (tertiary/aromatic N) is 1. The van der Waals surface area contributed by atoms with Gasteiger partial charge in [0.05, 0.1) is 30.9 Å². The Labute approximate surface area is 194 Å². The van der Waals surface area contributed by atoms with Gasteiger partial charge in [0.1, 0.15) is 5.76 Å². The molecule has 0 atom stereocenters. The van der Waals surface area contributed by atoms with Crippen molar-refractivity contribution in [2.75, 3.05) is 19.8 Å². The summed E-state index contributed by atoms with van der Waals surface area (Å²) in [5, 5.41) is 2.34.